The summed E-state index contributed by atoms with van der Waals surface area (Å²) < 4.78 is 17.0. The summed E-state index contributed by atoms with van der Waals surface area (Å²) in [5.41, 5.74) is 2.00. The largest absolute Gasteiger partial charge is 0.503 e. The number of carbonyl (C=O) groups excluding carboxylic acids is 2. The molecular weight excluding hydrogens is 484 g/mol. The zero-order chi connectivity index (χ0) is 25.6. The molecule has 36 heavy (non-hydrogen) atoms. The number of Topliss-reactive ketones (excluding diaryl/α,β-unsaturated/α-hetero) is 1. The maximum atomic E-state index is 13.8. The van der Waals surface area contributed by atoms with Gasteiger partial charge >= 0.3 is 0 Å². The Morgan fingerprint density at radius 3 is 2.61 bits per heavy atom. The molecule has 188 valence electrons. The number of hydrogen-bond acceptors (Lipinski definition) is 7. The van der Waals surface area contributed by atoms with Crippen LogP contribution < -0.4 is 9.64 Å². The molecule has 2 atom stereocenters. The highest BCUT2D eigenvalue weighted by Crippen LogP contribution is 2.41. The number of carbonyl (C=O) groups is 2. The fourth-order valence-electron chi connectivity index (χ4n) is 4.87. The average Bonchev–Trinajstić information content (AvgIpc) is 3.59. The van der Waals surface area contributed by atoms with Crippen LogP contribution in [0.4, 0.5) is 5.69 Å². The number of aliphatic hydroxyl groups is 1. The minimum absolute atomic E-state index is 0.0196. The van der Waals surface area contributed by atoms with Gasteiger partial charge in [-0.25, -0.2) is 0 Å². The molecule has 1 amide bonds. The van der Waals surface area contributed by atoms with E-state index in [2.05, 4.69) is 0 Å². The Morgan fingerprint density at radius 1 is 1.22 bits per heavy atom. The first-order chi connectivity index (χ1) is 17.3. The molecule has 0 bridgehead atoms. The van der Waals surface area contributed by atoms with E-state index >= 15 is 0 Å². The SMILES string of the molecule is COc1cc(Cl)cc2cc(C(=O)C3=C(O)C(=O)N(CC4CCCO4)C3c3ccc(N(C)C)cc3)oc12. The third-order valence-corrected chi connectivity index (χ3v) is 6.91. The van der Waals surface area contributed by atoms with E-state index in [-0.39, 0.29) is 24.0 Å². The zero-order valence-electron chi connectivity index (χ0n) is 20.3. The van der Waals surface area contributed by atoms with Crippen LogP contribution in [0.1, 0.15) is 35.0 Å². The van der Waals surface area contributed by atoms with Gasteiger partial charge in [-0.3, -0.25) is 9.59 Å². The van der Waals surface area contributed by atoms with Crippen LogP contribution in [0.5, 0.6) is 5.75 Å². The number of methoxy groups -OCH3 is 1. The van der Waals surface area contributed by atoms with Crippen LogP contribution >= 0.6 is 11.6 Å². The number of rotatable bonds is 7. The highest BCUT2D eigenvalue weighted by molar-refractivity contribution is 6.31. The molecule has 0 aliphatic carbocycles. The van der Waals surface area contributed by atoms with Gasteiger partial charge in [0.25, 0.3) is 5.91 Å². The lowest BCUT2D eigenvalue weighted by atomic mass is 9.94. The number of nitrogens with zero attached hydrogens (tertiary/aromatic N) is 2. The van der Waals surface area contributed by atoms with Crippen LogP contribution in [0.2, 0.25) is 5.02 Å². The van der Waals surface area contributed by atoms with Crippen LogP contribution in [-0.2, 0) is 9.53 Å². The van der Waals surface area contributed by atoms with E-state index in [1.54, 1.807) is 18.2 Å². The van der Waals surface area contributed by atoms with Crippen molar-refractivity contribution < 1.29 is 28.6 Å². The van der Waals surface area contributed by atoms with Crippen molar-refractivity contribution in [1.82, 2.24) is 4.90 Å². The van der Waals surface area contributed by atoms with Gasteiger partial charge in [-0.05, 0) is 42.7 Å². The van der Waals surface area contributed by atoms with Crippen LogP contribution in [0.3, 0.4) is 0 Å². The van der Waals surface area contributed by atoms with Gasteiger partial charge in [0.05, 0.1) is 24.8 Å². The number of halogens is 1. The summed E-state index contributed by atoms with van der Waals surface area (Å²) in [6.45, 7) is 0.896. The number of aliphatic hydroxyl groups excluding tert-OH is 1. The summed E-state index contributed by atoms with van der Waals surface area (Å²) in [6, 6.07) is 11.6. The van der Waals surface area contributed by atoms with Crippen molar-refractivity contribution in [2.45, 2.75) is 25.0 Å². The normalized spacial score (nSPS) is 20.0. The van der Waals surface area contributed by atoms with Crippen molar-refractivity contribution in [2.75, 3.05) is 39.3 Å². The van der Waals surface area contributed by atoms with E-state index < -0.39 is 23.5 Å². The number of amides is 1. The molecule has 2 aliphatic rings. The van der Waals surface area contributed by atoms with Crippen molar-refractivity contribution in [2.24, 2.45) is 0 Å². The summed E-state index contributed by atoms with van der Waals surface area (Å²) >= 11 is 6.18. The van der Waals surface area contributed by atoms with E-state index in [1.165, 1.54) is 12.0 Å². The van der Waals surface area contributed by atoms with Gasteiger partial charge in [0, 0.05) is 49.4 Å². The first-order valence-corrected chi connectivity index (χ1v) is 12.1. The topological polar surface area (TPSA) is 92.5 Å². The molecule has 8 nitrogen and oxygen atoms in total. The number of hydrogen-bond donors (Lipinski definition) is 1. The third-order valence-electron chi connectivity index (χ3n) is 6.69. The monoisotopic (exact) mass is 510 g/mol. The Hall–Kier alpha value is -3.49. The van der Waals surface area contributed by atoms with Gasteiger partial charge in [0.15, 0.2) is 22.9 Å². The van der Waals surface area contributed by atoms with Crippen LogP contribution in [-0.4, -0.2) is 62.2 Å². The zero-order valence-corrected chi connectivity index (χ0v) is 21.0. The molecule has 3 aromatic rings. The molecule has 0 spiro atoms. The Bertz CT molecular complexity index is 1350. The second-order valence-electron chi connectivity index (χ2n) is 9.21. The summed E-state index contributed by atoms with van der Waals surface area (Å²) in [5, 5.41) is 12.0. The Balaban J connectivity index is 1.58. The lowest BCUT2D eigenvalue weighted by Gasteiger charge is -2.29. The highest BCUT2D eigenvalue weighted by Gasteiger charge is 2.45. The van der Waals surface area contributed by atoms with Crippen molar-refractivity contribution in [3.8, 4) is 5.75 Å². The van der Waals surface area contributed by atoms with Crippen molar-refractivity contribution >= 4 is 39.9 Å². The van der Waals surface area contributed by atoms with Crippen molar-refractivity contribution in [3.05, 3.63) is 70.1 Å². The van der Waals surface area contributed by atoms with Gasteiger partial charge in [0.2, 0.25) is 5.78 Å². The first-order valence-electron chi connectivity index (χ1n) is 11.7. The summed E-state index contributed by atoms with van der Waals surface area (Å²) in [4.78, 5) is 30.5. The van der Waals surface area contributed by atoms with Crippen LogP contribution in [0, 0.1) is 0 Å². The molecule has 9 heteroatoms. The van der Waals surface area contributed by atoms with Crippen molar-refractivity contribution in [3.63, 3.8) is 0 Å². The third kappa shape index (κ3) is 4.20. The molecule has 0 saturated carbocycles. The average molecular weight is 511 g/mol. The quantitative estimate of drug-likeness (QED) is 0.451. The second kappa shape index (κ2) is 9.52. The van der Waals surface area contributed by atoms with Crippen molar-refractivity contribution in [1.29, 1.82) is 0 Å². The lowest BCUT2D eigenvalue weighted by Crippen LogP contribution is -2.37. The van der Waals surface area contributed by atoms with E-state index in [0.717, 1.165) is 18.5 Å². The van der Waals surface area contributed by atoms with Gasteiger partial charge in [0.1, 0.15) is 0 Å². The molecule has 5 rings (SSSR count). The standard InChI is InChI=1S/C27H27ClN2O6/c1-29(2)18-8-6-15(7-9-18)23-22(25(32)27(33)30(23)14-19-5-4-10-35-19)24(31)20-12-16-11-17(28)13-21(34-3)26(16)36-20/h6-9,11-13,19,23,32H,4-5,10,14H2,1-3H3. The van der Waals surface area contributed by atoms with Crippen LogP contribution in [0.15, 0.2) is 58.2 Å². The van der Waals surface area contributed by atoms with E-state index in [4.69, 9.17) is 25.5 Å². The fourth-order valence-corrected chi connectivity index (χ4v) is 5.08. The van der Waals surface area contributed by atoms with Gasteiger partial charge in [-0.2, -0.15) is 0 Å². The molecule has 1 saturated heterocycles. The predicted octanol–water partition coefficient (Wildman–Crippen LogP) is 4.92. The minimum Gasteiger partial charge on any atom is -0.503 e. The molecule has 3 heterocycles. The van der Waals surface area contributed by atoms with Gasteiger partial charge < -0.3 is 28.8 Å². The summed E-state index contributed by atoms with van der Waals surface area (Å²) in [6.07, 6.45) is 1.56. The summed E-state index contributed by atoms with van der Waals surface area (Å²) in [7, 11) is 5.34. The summed E-state index contributed by atoms with van der Waals surface area (Å²) in [5.74, 6) is -1.40. The molecule has 2 unspecified atom stereocenters. The lowest BCUT2D eigenvalue weighted by molar-refractivity contribution is -0.131. The minimum atomic E-state index is -0.788. The Kier molecular flexibility index (Phi) is 6.40. The Morgan fingerprint density at radius 2 is 1.97 bits per heavy atom. The van der Waals surface area contributed by atoms with Gasteiger partial charge in [-0.15, -0.1) is 0 Å². The predicted molar refractivity (Wildman–Crippen MR) is 136 cm³/mol. The molecule has 0 radical (unpaired) electrons. The molecule has 1 aromatic heterocycles. The van der Waals surface area contributed by atoms with E-state index in [0.29, 0.717) is 33.9 Å². The number of ether oxygens (including phenoxy) is 2. The van der Waals surface area contributed by atoms with E-state index in [9.17, 15) is 14.7 Å². The number of anilines is 1. The Labute approximate surface area is 213 Å². The van der Waals surface area contributed by atoms with E-state index in [1.807, 2.05) is 43.3 Å². The fraction of sp³-hybridized carbons (Fsp3) is 0.333. The highest BCUT2D eigenvalue weighted by atomic mass is 35.5. The number of fused-ring (bicyclic) bond motifs is 1. The first kappa shape index (κ1) is 24.2. The molecule has 2 aliphatic heterocycles. The number of furan rings is 1. The molecule has 2 aromatic carbocycles. The maximum absolute atomic E-state index is 13.8. The molecular formula is C27H27ClN2O6. The van der Waals surface area contributed by atoms with Crippen LogP contribution in [0.25, 0.3) is 11.0 Å². The molecule has 1 fully saturated rings. The van der Waals surface area contributed by atoms with Gasteiger partial charge in [-0.1, -0.05) is 23.7 Å². The number of benzene rings is 2. The maximum Gasteiger partial charge on any atom is 0.290 e. The second-order valence-corrected chi connectivity index (χ2v) is 9.65. The smallest absolute Gasteiger partial charge is 0.290 e. The number of ketones is 1. The molecule has 1 N–H and O–H groups in total.